The zero-order valence-corrected chi connectivity index (χ0v) is 9.52. The lowest BCUT2D eigenvalue weighted by atomic mass is 10.1. The van der Waals surface area contributed by atoms with E-state index in [1.165, 1.54) is 13.2 Å². The number of hydrogen-bond acceptors (Lipinski definition) is 4. The number of allylic oxidation sites excluding steroid dienone is 3. The summed E-state index contributed by atoms with van der Waals surface area (Å²) < 4.78 is 4.89. The molecule has 2 N–H and O–H groups in total. The largest absolute Gasteiger partial charge is 0.513 e. The first-order valence-corrected chi connectivity index (χ1v) is 4.96. The van der Waals surface area contributed by atoms with Gasteiger partial charge in [0.15, 0.2) is 0 Å². The van der Waals surface area contributed by atoms with Crippen LogP contribution >= 0.6 is 12.0 Å². The Balaban J connectivity index is 5.09. The first-order valence-electron chi connectivity index (χ1n) is 4.22. The maximum atomic E-state index is 9.29. The second-order valence-corrected chi connectivity index (χ2v) is 3.62. The van der Waals surface area contributed by atoms with E-state index in [2.05, 4.69) is 6.58 Å². The van der Waals surface area contributed by atoms with Gasteiger partial charge in [0, 0.05) is 22.5 Å². The van der Waals surface area contributed by atoms with E-state index < -0.39 is 0 Å². The van der Waals surface area contributed by atoms with Gasteiger partial charge in [-0.2, -0.15) is 0 Å². The van der Waals surface area contributed by atoms with Crippen molar-refractivity contribution in [2.45, 2.75) is 20.3 Å². The van der Waals surface area contributed by atoms with Crippen molar-refractivity contribution < 1.29 is 14.4 Å². The first-order chi connectivity index (χ1) is 6.52. The van der Waals surface area contributed by atoms with Crippen LogP contribution in [0.15, 0.2) is 34.7 Å². The quantitative estimate of drug-likeness (QED) is 0.419. The van der Waals surface area contributed by atoms with E-state index in [0.29, 0.717) is 16.9 Å². The van der Waals surface area contributed by atoms with E-state index >= 15 is 0 Å². The zero-order valence-electron chi connectivity index (χ0n) is 8.70. The molecule has 0 atom stereocenters. The molecule has 0 heterocycles. The molecule has 0 aliphatic rings. The van der Waals surface area contributed by atoms with Crippen LogP contribution in [0.1, 0.15) is 20.3 Å². The molecule has 0 saturated carbocycles. The molecule has 80 valence electrons. The molecular formula is C10H16O3S. The smallest absolute Gasteiger partial charge is 0.112 e. The fourth-order valence-corrected chi connectivity index (χ4v) is 1.72. The molecule has 0 spiro atoms. The van der Waals surface area contributed by atoms with Crippen LogP contribution < -0.4 is 0 Å². The van der Waals surface area contributed by atoms with Gasteiger partial charge in [-0.25, -0.2) is 0 Å². The minimum Gasteiger partial charge on any atom is -0.513 e. The van der Waals surface area contributed by atoms with Gasteiger partial charge < -0.3 is 14.4 Å². The summed E-state index contributed by atoms with van der Waals surface area (Å²) in [6, 6.07) is 0. The maximum absolute atomic E-state index is 9.29. The Morgan fingerprint density at radius 1 is 1.50 bits per heavy atom. The fraction of sp³-hybridized carbons (Fsp3) is 0.400. The van der Waals surface area contributed by atoms with Crippen LogP contribution in [0.25, 0.3) is 0 Å². The Kier molecular flexibility index (Phi) is 6.16. The van der Waals surface area contributed by atoms with E-state index in [1.807, 2.05) is 6.92 Å². The average Bonchev–Trinajstić information content (AvgIpc) is 2.03. The molecule has 0 saturated heterocycles. The van der Waals surface area contributed by atoms with Gasteiger partial charge in [-0.3, -0.25) is 0 Å². The lowest BCUT2D eigenvalue weighted by Gasteiger charge is -2.08. The third-order valence-corrected chi connectivity index (χ3v) is 2.22. The monoisotopic (exact) mass is 216 g/mol. The molecule has 0 fully saturated rings. The lowest BCUT2D eigenvalue weighted by molar-refractivity contribution is 0.413. The molecule has 0 unspecified atom stereocenters. The van der Waals surface area contributed by atoms with Crippen LogP contribution in [0.5, 0.6) is 0 Å². The van der Waals surface area contributed by atoms with E-state index in [4.69, 9.17) is 9.29 Å². The number of aliphatic hydroxyl groups is 2. The first kappa shape index (κ1) is 13.1. The molecule has 0 aromatic rings. The molecule has 0 radical (unpaired) electrons. The second-order valence-electron chi connectivity index (χ2n) is 2.68. The van der Waals surface area contributed by atoms with Gasteiger partial charge in [0.2, 0.25) is 0 Å². The summed E-state index contributed by atoms with van der Waals surface area (Å²) >= 11 is 1.09. The van der Waals surface area contributed by atoms with Gasteiger partial charge in [-0.15, -0.1) is 0 Å². The van der Waals surface area contributed by atoms with Crippen molar-refractivity contribution in [2.24, 2.45) is 0 Å². The van der Waals surface area contributed by atoms with E-state index in [9.17, 15) is 5.11 Å². The predicted molar refractivity (Wildman–Crippen MR) is 60.1 cm³/mol. The summed E-state index contributed by atoms with van der Waals surface area (Å²) in [5, 5.41) is 18.4. The fourth-order valence-electron chi connectivity index (χ4n) is 0.961. The van der Waals surface area contributed by atoms with E-state index in [1.54, 1.807) is 6.92 Å². The van der Waals surface area contributed by atoms with Crippen molar-refractivity contribution in [3.63, 3.8) is 0 Å². The lowest BCUT2D eigenvalue weighted by Crippen LogP contribution is -1.91. The summed E-state index contributed by atoms with van der Waals surface area (Å²) in [6.07, 6.45) is 2.17. The average molecular weight is 216 g/mol. The zero-order chi connectivity index (χ0) is 11.1. The van der Waals surface area contributed by atoms with Crippen LogP contribution in [0.2, 0.25) is 0 Å². The Labute approximate surface area is 89.0 Å². The molecule has 0 aromatic heterocycles. The molecule has 0 amide bonds. The Morgan fingerprint density at radius 2 is 2.07 bits per heavy atom. The number of hydrogen-bond donors (Lipinski definition) is 2. The SMILES string of the molecule is C=C(O)/C(CC)=C(\C=C(/C)O)SOC. The predicted octanol–water partition coefficient (Wildman–Crippen LogP) is 3.48. The van der Waals surface area contributed by atoms with Crippen molar-refractivity contribution >= 4 is 12.0 Å². The minimum atomic E-state index is 0.00421. The van der Waals surface area contributed by atoms with Crippen molar-refractivity contribution in [1.29, 1.82) is 0 Å². The topological polar surface area (TPSA) is 49.7 Å². The summed E-state index contributed by atoms with van der Waals surface area (Å²) in [5.41, 5.74) is 0.672. The summed E-state index contributed by atoms with van der Waals surface area (Å²) in [4.78, 5) is 0.669. The van der Waals surface area contributed by atoms with Crippen LogP contribution in [-0.4, -0.2) is 17.3 Å². The summed E-state index contributed by atoms with van der Waals surface area (Å²) in [6.45, 7) is 6.91. The van der Waals surface area contributed by atoms with Crippen LogP contribution in [0.3, 0.4) is 0 Å². The molecular weight excluding hydrogens is 200 g/mol. The van der Waals surface area contributed by atoms with Crippen molar-refractivity contribution in [3.05, 3.63) is 34.7 Å². The molecule has 0 aromatic carbocycles. The second kappa shape index (κ2) is 6.56. The standard InChI is InChI=1S/C10H16O3S/c1-5-9(8(3)12)10(14-13-4)6-7(2)11/h6,11-12H,3,5H2,1-2,4H3/b7-6+,10-9+. The van der Waals surface area contributed by atoms with Gasteiger partial charge >= 0.3 is 0 Å². The molecule has 0 aliphatic heterocycles. The maximum Gasteiger partial charge on any atom is 0.112 e. The Morgan fingerprint density at radius 3 is 2.36 bits per heavy atom. The molecule has 3 nitrogen and oxygen atoms in total. The molecule has 0 rings (SSSR count). The highest BCUT2D eigenvalue weighted by atomic mass is 32.2. The van der Waals surface area contributed by atoms with Gasteiger partial charge in [-0.1, -0.05) is 13.5 Å². The van der Waals surface area contributed by atoms with Crippen molar-refractivity contribution in [2.75, 3.05) is 7.11 Å². The minimum absolute atomic E-state index is 0.00421. The van der Waals surface area contributed by atoms with E-state index in [-0.39, 0.29) is 11.5 Å². The summed E-state index contributed by atoms with van der Waals surface area (Å²) in [7, 11) is 1.53. The Bertz CT molecular complexity index is 263. The third kappa shape index (κ3) is 4.39. The van der Waals surface area contributed by atoms with Gasteiger partial charge in [0.1, 0.15) is 5.76 Å². The third-order valence-electron chi connectivity index (χ3n) is 1.51. The van der Waals surface area contributed by atoms with E-state index in [0.717, 1.165) is 12.0 Å². The van der Waals surface area contributed by atoms with Crippen LogP contribution in [0, 0.1) is 0 Å². The number of aliphatic hydroxyl groups excluding tert-OH is 2. The molecule has 0 bridgehead atoms. The van der Waals surface area contributed by atoms with Crippen molar-refractivity contribution in [1.82, 2.24) is 0 Å². The van der Waals surface area contributed by atoms with Gasteiger partial charge in [0.05, 0.1) is 12.9 Å². The normalized spacial score (nSPS) is 13.8. The highest BCUT2D eigenvalue weighted by molar-refractivity contribution is 7.98. The highest BCUT2D eigenvalue weighted by Gasteiger charge is 2.07. The molecule has 4 heteroatoms. The molecule has 14 heavy (non-hydrogen) atoms. The summed E-state index contributed by atoms with van der Waals surface area (Å²) in [5.74, 6) is 0.168. The van der Waals surface area contributed by atoms with Gasteiger partial charge in [-0.05, 0) is 19.4 Å². The Hall–Kier alpha value is -0.870. The number of rotatable bonds is 5. The molecule has 0 aliphatic carbocycles. The van der Waals surface area contributed by atoms with Crippen LogP contribution in [-0.2, 0) is 4.18 Å². The van der Waals surface area contributed by atoms with Crippen molar-refractivity contribution in [3.8, 4) is 0 Å². The highest BCUT2D eigenvalue weighted by Crippen LogP contribution is 2.27. The van der Waals surface area contributed by atoms with Gasteiger partial charge in [0.25, 0.3) is 0 Å². The van der Waals surface area contributed by atoms with Crippen LogP contribution in [0.4, 0.5) is 0 Å².